The van der Waals surface area contributed by atoms with Gasteiger partial charge in [-0.2, -0.15) is 0 Å². The fourth-order valence-corrected chi connectivity index (χ4v) is 2.01. The molecule has 0 saturated carbocycles. The number of nitrogens with two attached hydrogens (primary N) is 1. The van der Waals surface area contributed by atoms with E-state index in [4.69, 9.17) is 5.73 Å². The molecule has 100 valence electrons. The number of rotatable bonds is 5. The summed E-state index contributed by atoms with van der Waals surface area (Å²) < 4.78 is 13.7. The SMILES string of the molecule is CN(CCc1ccccc1)c1ccc(CN)c(F)c1. The van der Waals surface area contributed by atoms with E-state index >= 15 is 0 Å². The zero-order valence-corrected chi connectivity index (χ0v) is 11.1. The van der Waals surface area contributed by atoms with Crippen molar-refractivity contribution < 1.29 is 4.39 Å². The molecule has 0 unspecified atom stereocenters. The number of nitrogens with zero attached hydrogens (tertiary/aromatic N) is 1. The Morgan fingerprint density at radius 1 is 1.11 bits per heavy atom. The van der Waals surface area contributed by atoms with E-state index in [1.54, 1.807) is 12.1 Å². The lowest BCUT2D eigenvalue weighted by Crippen LogP contribution is -2.20. The molecule has 2 nitrogen and oxygen atoms in total. The summed E-state index contributed by atoms with van der Waals surface area (Å²) in [5.41, 5.74) is 8.18. The van der Waals surface area contributed by atoms with Gasteiger partial charge >= 0.3 is 0 Å². The van der Waals surface area contributed by atoms with Gasteiger partial charge in [-0.25, -0.2) is 4.39 Å². The first-order valence-electron chi connectivity index (χ1n) is 6.44. The first-order chi connectivity index (χ1) is 9.20. The molecule has 0 heterocycles. The van der Waals surface area contributed by atoms with Crippen LogP contribution in [0.2, 0.25) is 0 Å². The predicted octanol–water partition coefficient (Wildman–Crippen LogP) is 2.96. The van der Waals surface area contributed by atoms with Gasteiger partial charge in [-0.05, 0) is 24.1 Å². The van der Waals surface area contributed by atoms with Crippen LogP contribution in [0.3, 0.4) is 0 Å². The molecule has 0 radical (unpaired) electrons. The average molecular weight is 258 g/mol. The van der Waals surface area contributed by atoms with E-state index in [1.165, 1.54) is 5.56 Å². The first-order valence-corrected chi connectivity index (χ1v) is 6.44. The minimum Gasteiger partial charge on any atom is -0.374 e. The molecule has 2 N–H and O–H groups in total. The second-order valence-corrected chi connectivity index (χ2v) is 4.64. The molecule has 2 aromatic carbocycles. The predicted molar refractivity (Wildman–Crippen MR) is 77.7 cm³/mol. The quantitative estimate of drug-likeness (QED) is 0.893. The van der Waals surface area contributed by atoms with Crippen LogP contribution < -0.4 is 10.6 Å². The van der Waals surface area contributed by atoms with Crippen molar-refractivity contribution in [2.45, 2.75) is 13.0 Å². The van der Waals surface area contributed by atoms with Crippen LogP contribution >= 0.6 is 0 Å². The Kier molecular flexibility index (Phi) is 4.53. The van der Waals surface area contributed by atoms with Crippen LogP contribution in [-0.4, -0.2) is 13.6 Å². The monoisotopic (exact) mass is 258 g/mol. The molecule has 0 aliphatic heterocycles. The van der Waals surface area contributed by atoms with Crippen molar-refractivity contribution in [3.8, 4) is 0 Å². The van der Waals surface area contributed by atoms with Crippen molar-refractivity contribution in [1.82, 2.24) is 0 Å². The smallest absolute Gasteiger partial charge is 0.129 e. The molecule has 0 aliphatic rings. The maximum Gasteiger partial charge on any atom is 0.129 e. The highest BCUT2D eigenvalue weighted by atomic mass is 19.1. The Hall–Kier alpha value is -1.87. The van der Waals surface area contributed by atoms with Gasteiger partial charge in [0.05, 0.1) is 0 Å². The van der Waals surface area contributed by atoms with Crippen LogP contribution in [0.15, 0.2) is 48.5 Å². The first kappa shape index (κ1) is 13.6. The van der Waals surface area contributed by atoms with Crippen LogP contribution in [0.25, 0.3) is 0 Å². The van der Waals surface area contributed by atoms with E-state index in [-0.39, 0.29) is 12.4 Å². The van der Waals surface area contributed by atoms with E-state index in [9.17, 15) is 4.39 Å². The van der Waals surface area contributed by atoms with E-state index < -0.39 is 0 Å². The summed E-state index contributed by atoms with van der Waals surface area (Å²) >= 11 is 0. The minimum atomic E-state index is -0.230. The highest BCUT2D eigenvalue weighted by Gasteiger charge is 2.05. The minimum absolute atomic E-state index is 0.230. The van der Waals surface area contributed by atoms with Gasteiger partial charge in [-0.1, -0.05) is 36.4 Å². The lowest BCUT2D eigenvalue weighted by atomic mass is 10.1. The van der Waals surface area contributed by atoms with Gasteiger partial charge in [0.15, 0.2) is 0 Å². The molecular weight excluding hydrogens is 239 g/mol. The van der Waals surface area contributed by atoms with Gasteiger partial charge < -0.3 is 10.6 Å². The highest BCUT2D eigenvalue weighted by Crippen LogP contribution is 2.17. The number of likely N-dealkylation sites (N-methyl/N-ethyl adjacent to an activating group) is 1. The molecule has 0 fully saturated rings. The van der Waals surface area contributed by atoms with Crippen molar-refractivity contribution >= 4 is 5.69 Å². The lowest BCUT2D eigenvalue weighted by molar-refractivity contribution is 0.610. The van der Waals surface area contributed by atoms with Crippen molar-refractivity contribution in [2.24, 2.45) is 5.73 Å². The standard InChI is InChI=1S/C16H19FN2/c1-19(10-9-13-5-3-2-4-6-13)15-8-7-14(12-18)16(17)11-15/h2-8,11H,9-10,12,18H2,1H3. The van der Waals surface area contributed by atoms with Crippen molar-refractivity contribution in [3.05, 3.63) is 65.5 Å². The zero-order valence-electron chi connectivity index (χ0n) is 11.1. The Morgan fingerprint density at radius 2 is 1.84 bits per heavy atom. The fourth-order valence-electron chi connectivity index (χ4n) is 2.01. The average Bonchev–Trinajstić information content (AvgIpc) is 2.45. The van der Waals surface area contributed by atoms with Crippen molar-refractivity contribution in [3.63, 3.8) is 0 Å². The van der Waals surface area contributed by atoms with E-state index in [0.717, 1.165) is 18.7 Å². The van der Waals surface area contributed by atoms with Crippen LogP contribution in [0, 0.1) is 5.82 Å². The Morgan fingerprint density at radius 3 is 2.47 bits per heavy atom. The third kappa shape index (κ3) is 3.55. The molecular formula is C16H19FN2. The Bertz CT molecular complexity index is 526. The summed E-state index contributed by atoms with van der Waals surface area (Å²) in [6.45, 7) is 1.09. The third-order valence-corrected chi connectivity index (χ3v) is 3.28. The summed E-state index contributed by atoms with van der Waals surface area (Å²) in [5.74, 6) is -0.230. The molecule has 3 heteroatoms. The number of halogens is 1. The molecule has 19 heavy (non-hydrogen) atoms. The van der Waals surface area contributed by atoms with E-state index in [1.807, 2.05) is 31.3 Å². The number of benzene rings is 2. The summed E-state index contributed by atoms with van der Waals surface area (Å²) in [6, 6.07) is 15.5. The van der Waals surface area contributed by atoms with Gasteiger partial charge in [0, 0.05) is 31.4 Å². The van der Waals surface area contributed by atoms with Crippen LogP contribution in [-0.2, 0) is 13.0 Å². The van der Waals surface area contributed by atoms with Crippen LogP contribution in [0.1, 0.15) is 11.1 Å². The normalized spacial score (nSPS) is 10.5. The molecule has 0 atom stereocenters. The number of anilines is 1. The summed E-state index contributed by atoms with van der Waals surface area (Å²) in [4.78, 5) is 2.05. The van der Waals surface area contributed by atoms with Crippen LogP contribution in [0.5, 0.6) is 0 Å². The Labute approximate surface area is 113 Å². The van der Waals surface area contributed by atoms with E-state index in [0.29, 0.717) is 5.56 Å². The second-order valence-electron chi connectivity index (χ2n) is 4.64. The fraction of sp³-hybridized carbons (Fsp3) is 0.250. The molecule has 0 bridgehead atoms. The number of hydrogen-bond acceptors (Lipinski definition) is 2. The zero-order chi connectivity index (χ0) is 13.7. The highest BCUT2D eigenvalue weighted by molar-refractivity contribution is 5.47. The maximum absolute atomic E-state index is 13.7. The third-order valence-electron chi connectivity index (χ3n) is 3.28. The molecule has 0 spiro atoms. The van der Waals surface area contributed by atoms with Gasteiger partial charge in [0.1, 0.15) is 5.82 Å². The maximum atomic E-state index is 13.7. The number of hydrogen-bond donors (Lipinski definition) is 1. The van der Waals surface area contributed by atoms with Gasteiger partial charge in [0.25, 0.3) is 0 Å². The topological polar surface area (TPSA) is 29.3 Å². The summed E-state index contributed by atoms with van der Waals surface area (Å²) in [5, 5.41) is 0. The molecule has 0 aliphatic carbocycles. The summed E-state index contributed by atoms with van der Waals surface area (Å²) in [6.07, 6.45) is 0.942. The molecule has 2 aromatic rings. The largest absolute Gasteiger partial charge is 0.374 e. The van der Waals surface area contributed by atoms with Gasteiger partial charge in [0.2, 0.25) is 0 Å². The molecule has 0 aromatic heterocycles. The van der Waals surface area contributed by atoms with Crippen molar-refractivity contribution in [1.29, 1.82) is 0 Å². The lowest BCUT2D eigenvalue weighted by Gasteiger charge is -2.20. The van der Waals surface area contributed by atoms with Gasteiger partial charge in [-0.3, -0.25) is 0 Å². The molecule has 2 rings (SSSR count). The van der Waals surface area contributed by atoms with E-state index in [2.05, 4.69) is 17.0 Å². The van der Waals surface area contributed by atoms with Gasteiger partial charge in [-0.15, -0.1) is 0 Å². The molecule has 0 amide bonds. The molecule has 0 saturated heterocycles. The Balaban J connectivity index is 2.00. The second kappa shape index (κ2) is 6.34. The van der Waals surface area contributed by atoms with Crippen LogP contribution in [0.4, 0.5) is 10.1 Å². The summed E-state index contributed by atoms with van der Waals surface area (Å²) in [7, 11) is 1.97. The van der Waals surface area contributed by atoms with Crippen molar-refractivity contribution in [2.75, 3.05) is 18.5 Å².